The summed E-state index contributed by atoms with van der Waals surface area (Å²) in [5.41, 5.74) is 6.62. The van der Waals surface area contributed by atoms with Gasteiger partial charge in [-0.05, 0) is 57.4 Å². The Morgan fingerprint density at radius 1 is 1.11 bits per heavy atom. The van der Waals surface area contributed by atoms with Crippen molar-refractivity contribution in [3.05, 3.63) is 0 Å². The van der Waals surface area contributed by atoms with Gasteiger partial charge in [-0.2, -0.15) is 0 Å². The molecule has 1 aliphatic heterocycles. The molecule has 2 nitrogen and oxygen atoms in total. The van der Waals surface area contributed by atoms with E-state index < -0.39 is 0 Å². The van der Waals surface area contributed by atoms with Gasteiger partial charge < -0.3 is 5.73 Å². The molecule has 2 heteroatoms. The number of hydrogen-bond donors (Lipinski definition) is 1. The summed E-state index contributed by atoms with van der Waals surface area (Å²) >= 11 is 0. The van der Waals surface area contributed by atoms with Crippen LogP contribution in [0.1, 0.15) is 78.1 Å². The fraction of sp³-hybridized carbons (Fsp3) is 1.00. The minimum absolute atomic E-state index is 0.353. The molecule has 0 bridgehead atoms. The average molecular weight is 266 g/mol. The highest BCUT2D eigenvalue weighted by molar-refractivity contribution is 4.99. The number of piperidine rings is 1. The molecule has 112 valence electrons. The molecule has 19 heavy (non-hydrogen) atoms. The third kappa shape index (κ3) is 3.33. The van der Waals surface area contributed by atoms with Gasteiger partial charge in [-0.15, -0.1) is 0 Å². The second-order valence-corrected chi connectivity index (χ2v) is 6.91. The fourth-order valence-electron chi connectivity index (χ4n) is 4.57. The van der Waals surface area contributed by atoms with E-state index in [2.05, 4.69) is 18.7 Å². The van der Waals surface area contributed by atoms with E-state index in [0.717, 1.165) is 18.5 Å². The molecule has 2 rings (SSSR count). The molecule has 0 aromatic carbocycles. The van der Waals surface area contributed by atoms with Crippen molar-refractivity contribution in [3.63, 3.8) is 0 Å². The van der Waals surface area contributed by atoms with Crippen LogP contribution in [0.25, 0.3) is 0 Å². The van der Waals surface area contributed by atoms with E-state index in [9.17, 15) is 0 Å². The molecule has 2 aliphatic rings. The molecule has 1 atom stereocenters. The van der Waals surface area contributed by atoms with Gasteiger partial charge in [0.15, 0.2) is 0 Å². The largest absolute Gasteiger partial charge is 0.329 e. The van der Waals surface area contributed by atoms with Crippen molar-refractivity contribution in [2.24, 2.45) is 11.7 Å². The van der Waals surface area contributed by atoms with Crippen LogP contribution in [-0.2, 0) is 0 Å². The first kappa shape index (κ1) is 15.3. The monoisotopic (exact) mass is 266 g/mol. The zero-order valence-electron chi connectivity index (χ0n) is 13.2. The maximum absolute atomic E-state index is 6.26. The molecule has 0 radical (unpaired) electrons. The maximum atomic E-state index is 6.26. The predicted octanol–water partition coefficient (Wildman–Crippen LogP) is 3.94. The first-order chi connectivity index (χ1) is 9.25. The van der Waals surface area contributed by atoms with E-state index in [-0.39, 0.29) is 0 Å². The second kappa shape index (κ2) is 7.08. The molecule has 1 heterocycles. The van der Waals surface area contributed by atoms with Gasteiger partial charge in [-0.3, -0.25) is 4.90 Å². The molecule has 1 aliphatic carbocycles. The normalized spacial score (nSPS) is 37.4. The quantitative estimate of drug-likeness (QED) is 0.816. The van der Waals surface area contributed by atoms with Gasteiger partial charge in [0, 0.05) is 18.1 Å². The second-order valence-electron chi connectivity index (χ2n) is 6.91. The summed E-state index contributed by atoms with van der Waals surface area (Å²) in [6.07, 6.45) is 13.8. The Kier molecular flexibility index (Phi) is 5.70. The van der Waals surface area contributed by atoms with Crippen molar-refractivity contribution < 1.29 is 0 Å². The summed E-state index contributed by atoms with van der Waals surface area (Å²) in [6, 6.07) is 0.806. The molecule has 0 aromatic rings. The van der Waals surface area contributed by atoms with Crippen molar-refractivity contribution in [2.75, 3.05) is 13.1 Å². The number of nitrogens with two attached hydrogens (primary N) is 1. The lowest BCUT2D eigenvalue weighted by Gasteiger charge is -2.52. The Morgan fingerprint density at radius 3 is 2.42 bits per heavy atom. The van der Waals surface area contributed by atoms with E-state index in [4.69, 9.17) is 5.73 Å². The van der Waals surface area contributed by atoms with Gasteiger partial charge in [0.2, 0.25) is 0 Å². The van der Waals surface area contributed by atoms with E-state index in [1.807, 2.05) is 0 Å². The van der Waals surface area contributed by atoms with Crippen molar-refractivity contribution in [1.82, 2.24) is 4.90 Å². The minimum atomic E-state index is 0.353. The van der Waals surface area contributed by atoms with Crippen molar-refractivity contribution >= 4 is 0 Å². The third-order valence-corrected chi connectivity index (χ3v) is 5.82. The SMILES string of the molecule is CCCC1CCC(CN)(N2CCCCC2CC)CC1. The van der Waals surface area contributed by atoms with Crippen molar-refractivity contribution in [3.8, 4) is 0 Å². The fourth-order valence-corrected chi connectivity index (χ4v) is 4.57. The molecule has 1 saturated carbocycles. The van der Waals surface area contributed by atoms with Gasteiger partial charge in [0.1, 0.15) is 0 Å². The van der Waals surface area contributed by atoms with Crippen LogP contribution < -0.4 is 5.73 Å². The molecule has 0 spiro atoms. The lowest BCUT2D eigenvalue weighted by atomic mass is 9.72. The van der Waals surface area contributed by atoms with Crippen molar-refractivity contribution in [2.45, 2.75) is 89.6 Å². The Bertz CT molecular complexity index is 256. The van der Waals surface area contributed by atoms with Crippen LogP contribution in [0.15, 0.2) is 0 Å². The third-order valence-electron chi connectivity index (χ3n) is 5.82. The first-order valence-corrected chi connectivity index (χ1v) is 8.72. The van der Waals surface area contributed by atoms with Crippen LogP contribution in [0.5, 0.6) is 0 Å². The number of hydrogen-bond acceptors (Lipinski definition) is 2. The van der Waals surface area contributed by atoms with Crippen LogP contribution in [-0.4, -0.2) is 29.6 Å². The zero-order valence-corrected chi connectivity index (χ0v) is 13.2. The summed E-state index contributed by atoms with van der Waals surface area (Å²) in [4.78, 5) is 2.83. The van der Waals surface area contributed by atoms with Gasteiger partial charge in [-0.25, -0.2) is 0 Å². The zero-order chi connectivity index (χ0) is 13.7. The summed E-state index contributed by atoms with van der Waals surface area (Å²) < 4.78 is 0. The summed E-state index contributed by atoms with van der Waals surface area (Å²) in [6.45, 7) is 6.86. The van der Waals surface area contributed by atoms with E-state index in [0.29, 0.717) is 5.54 Å². The van der Waals surface area contributed by atoms with Crippen LogP contribution in [0.4, 0.5) is 0 Å². The van der Waals surface area contributed by atoms with Gasteiger partial charge >= 0.3 is 0 Å². The topological polar surface area (TPSA) is 29.3 Å². The highest BCUT2D eigenvalue weighted by Gasteiger charge is 2.42. The summed E-state index contributed by atoms with van der Waals surface area (Å²) in [7, 11) is 0. The molecule has 1 unspecified atom stereocenters. The minimum Gasteiger partial charge on any atom is -0.329 e. The molecular weight excluding hydrogens is 232 g/mol. The van der Waals surface area contributed by atoms with Gasteiger partial charge in [-0.1, -0.05) is 33.1 Å². The van der Waals surface area contributed by atoms with E-state index >= 15 is 0 Å². The molecule has 1 saturated heterocycles. The number of rotatable bonds is 5. The standard InChI is InChI=1S/C17H34N2/c1-3-7-15-9-11-17(14-18,12-10-15)19-13-6-5-8-16(19)4-2/h15-16H,3-14,18H2,1-2H3. The van der Waals surface area contributed by atoms with Gasteiger partial charge in [0.25, 0.3) is 0 Å². The first-order valence-electron chi connectivity index (χ1n) is 8.72. The number of likely N-dealkylation sites (tertiary alicyclic amines) is 1. The molecule has 0 amide bonds. The predicted molar refractivity (Wildman–Crippen MR) is 83.3 cm³/mol. The van der Waals surface area contributed by atoms with E-state index in [1.165, 1.54) is 70.8 Å². The lowest BCUT2D eigenvalue weighted by Crippen LogP contribution is -2.60. The van der Waals surface area contributed by atoms with Crippen LogP contribution in [0.2, 0.25) is 0 Å². The summed E-state index contributed by atoms with van der Waals surface area (Å²) in [5, 5.41) is 0. The Labute approximate surface area is 120 Å². The highest BCUT2D eigenvalue weighted by Crippen LogP contribution is 2.40. The van der Waals surface area contributed by atoms with Crippen LogP contribution in [0, 0.1) is 5.92 Å². The van der Waals surface area contributed by atoms with Crippen molar-refractivity contribution in [1.29, 1.82) is 0 Å². The maximum Gasteiger partial charge on any atom is 0.0334 e. The number of nitrogens with zero attached hydrogens (tertiary/aromatic N) is 1. The Balaban J connectivity index is 2.01. The Hall–Kier alpha value is -0.0800. The highest BCUT2D eigenvalue weighted by atomic mass is 15.2. The molecule has 2 N–H and O–H groups in total. The Morgan fingerprint density at radius 2 is 1.84 bits per heavy atom. The molecule has 2 fully saturated rings. The molecule has 0 aromatic heterocycles. The summed E-state index contributed by atoms with van der Waals surface area (Å²) in [5.74, 6) is 0.981. The molecular formula is C17H34N2. The average Bonchev–Trinajstić information content (AvgIpc) is 2.48. The smallest absolute Gasteiger partial charge is 0.0334 e. The lowest BCUT2D eigenvalue weighted by molar-refractivity contribution is -0.0139. The van der Waals surface area contributed by atoms with Crippen LogP contribution in [0.3, 0.4) is 0 Å². The van der Waals surface area contributed by atoms with Gasteiger partial charge in [0.05, 0.1) is 0 Å². The van der Waals surface area contributed by atoms with Crippen LogP contribution >= 0.6 is 0 Å². The van der Waals surface area contributed by atoms with E-state index in [1.54, 1.807) is 0 Å².